The number of hydrogen-bond donors (Lipinski definition) is 6. The second-order valence-corrected chi connectivity index (χ2v) is 6.11. The fraction of sp³-hybridized carbons (Fsp3) is 0.882. The van der Waals surface area contributed by atoms with Crippen LogP contribution in [0.25, 0.3) is 0 Å². The van der Waals surface area contributed by atoms with Crippen LogP contribution in [-0.4, -0.2) is 78.3 Å². The van der Waals surface area contributed by atoms with E-state index in [4.69, 9.17) is 0 Å². The second kappa shape index (κ2) is 16.3. The van der Waals surface area contributed by atoms with Crippen LogP contribution in [0.3, 0.4) is 0 Å². The Balaban J connectivity index is 3.90. The SMILES string of the molecule is CNCCC[C@H](NC)C(=O)NCCCC[C@H](NC)C(=O)NCCNC. The summed E-state index contributed by atoms with van der Waals surface area (Å²) in [6, 6.07) is -0.324. The van der Waals surface area contributed by atoms with Gasteiger partial charge in [-0.05, 0) is 66.8 Å². The van der Waals surface area contributed by atoms with Crippen molar-refractivity contribution >= 4 is 11.8 Å². The maximum atomic E-state index is 12.1. The van der Waals surface area contributed by atoms with E-state index in [2.05, 4.69) is 31.9 Å². The van der Waals surface area contributed by atoms with Crippen molar-refractivity contribution < 1.29 is 9.59 Å². The maximum absolute atomic E-state index is 12.1. The number of hydrogen-bond acceptors (Lipinski definition) is 6. The molecule has 0 aliphatic heterocycles. The minimum absolute atomic E-state index is 0.0292. The van der Waals surface area contributed by atoms with Crippen molar-refractivity contribution in [3.05, 3.63) is 0 Å². The van der Waals surface area contributed by atoms with Crippen molar-refractivity contribution in [2.45, 2.75) is 44.2 Å². The van der Waals surface area contributed by atoms with Crippen LogP contribution in [0.5, 0.6) is 0 Å². The summed E-state index contributed by atoms with van der Waals surface area (Å²) >= 11 is 0. The lowest BCUT2D eigenvalue weighted by Gasteiger charge is -2.17. The molecule has 0 rings (SSSR count). The summed E-state index contributed by atoms with van der Waals surface area (Å²) in [6.07, 6.45) is 4.28. The second-order valence-electron chi connectivity index (χ2n) is 6.11. The highest BCUT2D eigenvalue weighted by atomic mass is 16.2. The third kappa shape index (κ3) is 11.9. The smallest absolute Gasteiger partial charge is 0.237 e. The van der Waals surface area contributed by atoms with Gasteiger partial charge in [-0.2, -0.15) is 0 Å². The van der Waals surface area contributed by atoms with Gasteiger partial charge in [-0.25, -0.2) is 0 Å². The van der Waals surface area contributed by atoms with E-state index in [1.165, 1.54) is 0 Å². The number of rotatable bonds is 16. The first-order valence-corrected chi connectivity index (χ1v) is 9.29. The zero-order valence-electron chi connectivity index (χ0n) is 16.3. The molecule has 0 aromatic heterocycles. The number of likely N-dealkylation sites (N-methyl/N-ethyl adjacent to an activating group) is 3. The van der Waals surface area contributed by atoms with Crippen LogP contribution in [0.4, 0.5) is 0 Å². The van der Waals surface area contributed by atoms with E-state index in [0.717, 1.165) is 45.2 Å². The Morgan fingerprint density at radius 3 is 1.68 bits per heavy atom. The van der Waals surface area contributed by atoms with Crippen LogP contribution in [0.2, 0.25) is 0 Å². The van der Waals surface area contributed by atoms with Gasteiger partial charge >= 0.3 is 0 Å². The van der Waals surface area contributed by atoms with Gasteiger partial charge in [0.15, 0.2) is 0 Å². The molecule has 0 radical (unpaired) electrons. The minimum Gasteiger partial charge on any atom is -0.355 e. The standard InChI is InChI=1S/C17H38N6O2/c1-18-10-7-9-15(21-4)16(24)22-11-6-5-8-14(20-3)17(25)23-13-12-19-2/h14-15,18-21H,5-13H2,1-4H3,(H,22,24)(H,23,25)/t14-,15-/m0/s1. The number of nitrogens with one attached hydrogen (secondary N) is 6. The third-order valence-electron chi connectivity index (χ3n) is 4.14. The molecular weight excluding hydrogens is 320 g/mol. The molecule has 0 heterocycles. The average Bonchev–Trinajstić information content (AvgIpc) is 2.61. The van der Waals surface area contributed by atoms with E-state index in [1.54, 1.807) is 7.05 Å². The van der Waals surface area contributed by atoms with Crippen molar-refractivity contribution in [1.82, 2.24) is 31.9 Å². The Hall–Kier alpha value is -1.22. The molecule has 2 amide bonds. The predicted molar refractivity (Wildman–Crippen MR) is 103 cm³/mol. The lowest BCUT2D eigenvalue weighted by molar-refractivity contribution is -0.124. The number of carbonyl (C=O) groups is 2. The molecule has 0 aliphatic carbocycles. The van der Waals surface area contributed by atoms with Gasteiger partial charge in [-0.3, -0.25) is 9.59 Å². The van der Waals surface area contributed by atoms with Crippen molar-refractivity contribution in [2.24, 2.45) is 0 Å². The molecule has 148 valence electrons. The molecular formula is C17H38N6O2. The molecule has 8 heteroatoms. The summed E-state index contributed by atoms with van der Waals surface area (Å²) in [5.41, 5.74) is 0. The van der Waals surface area contributed by atoms with Gasteiger partial charge in [0.25, 0.3) is 0 Å². The fourth-order valence-corrected chi connectivity index (χ4v) is 2.54. The fourth-order valence-electron chi connectivity index (χ4n) is 2.54. The Labute approximate surface area is 152 Å². The summed E-state index contributed by atoms with van der Waals surface area (Å²) in [5.74, 6) is 0.0788. The van der Waals surface area contributed by atoms with Gasteiger partial charge in [0.1, 0.15) is 0 Å². The quantitative estimate of drug-likeness (QED) is 0.193. The molecule has 8 nitrogen and oxygen atoms in total. The Kier molecular flexibility index (Phi) is 15.5. The van der Waals surface area contributed by atoms with Crippen LogP contribution in [0.1, 0.15) is 32.1 Å². The van der Waals surface area contributed by atoms with Crippen LogP contribution >= 0.6 is 0 Å². The van der Waals surface area contributed by atoms with E-state index in [1.807, 2.05) is 21.1 Å². The molecule has 0 fully saturated rings. The highest BCUT2D eigenvalue weighted by Crippen LogP contribution is 2.01. The van der Waals surface area contributed by atoms with E-state index in [-0.39, 0.29) is 23.9 Å². The monoisotopic (exact) mass is 358 g/mol. The Morgan fingerprint density at radius 2 is 1.16 bits per heavy atom. The van der Waals surface area contributed by atoms with Gasteiger partial charge in [0.2, 0.25) is 11.8 Å². The highest BCUT2D eigenvalue weighted by molar-refractivity contribution is 5.82. The minimum atomic E-state index is -0.181. The lowest BCUT2D eigenvalue weighted by Crippen LogP contribution is -2.44. The van der Waals surface area contributed by atoms with Crippen molar-refractivity contribution in [3.8, 4) is 0 Å². The molecule has 0 aromatic carbocycles. The van der Waals surface area contributed by atoms with E-state index >= 15 is 0 Å². The highest BCUT2D eigenvalue weighted by Gasteiger charge is 2.16. The largest absolute Gasteiger partial charge is 0.355 e. The molecule has 0 spiro atoms. The van der Waals surface area contributed by atoms with Crippen LogP contribution in [0, 0.1) is 0 Å². The summed E-state index contributed by atoms with van der Waals surface area (Å²) in [5, 5.41) is 18.1. The van der Waals surface area contributed by atoms with Crippen molar-refractivity contribution in [2.75, 3.05) is 54.4 Å². The maximum Gasteiger partial charge on any atom is 0.237 e. The van der Waals surface area contributed by atoms with Crippen LogP contribution < -0.4 is 31.9 Å². The molecule has 0 saturated carbocycles. The number of amides is 2. The van der Waals surface area contributed by atoms with E-state index in [9.17, 15) is 9.59 Å². The third-order valence-corrected chi connectivity index (χ3v) is 4.14. The van der Waals surface area contributed by atoms with E-state index in [0.29, 0.717) is 13.1 Å². The molecule has 0 saturated heterocycles. The van der Waals surface area contributed by atoms with Gasteiger partial charge < -0.3 is 31.9 Å². The average molecular weight is 359 g/mol. The normalized spacial score (nSPS) is 13.3. The lowest BCUT2D eigenvalue weighted by atomic mass is 10.1. The van der Waals surface area contributed by atoms with Gasteiger partial charge in [0.05, 0.1) is 12.1 Å². The van der Waals surface area contributed by atoms with Gasteiger partial charge in [-0.15, -0.1) is 0 Å². The summed E-state index contributed by atoms with van der Waals surface area (Å²) < 4.78 is 0. The molecule has 25 heavy (non-hydrogen) atoms. The molecule has 0 bridgehead atoms. The van der Waals surface area contributed by atoms with Crippen LogP contribution in [0.15, 0.2) is 0 Å². The predicted octanol–water partition coefficient (Wildman–Crippen LogP) is -1.22. The molecule has 0 aliphatic rings. The molecule has 2 atom stereocenters. The zero-order valence-corrected chi connectivity index (χ0v) is 16.3. The Morgan fingerprint density at radius 1 is 0.640 bits per heavy atom. The summed E-state index contributed by atoms with van der Waals surface area (Å²) in [7, 11) is 7.38. The molecule has 0 unspecified atom stereocenters. The van der Waals surface area contributed by atoms with Crippen molar-refractivity contribution in [1.29, 1.82) is 0 Å². The topological polar surface area (TPSA) is 106 Å². The van der Waals surface area contributed by atoms with Gasteiger partial charge in [-0.1, -0.05) is 0 Å². The summed E-state index contributed by atoms with van der Waals surface area (Å²) in [4.78, 5) is 24.1. The first kappa shape index (κ1) is 23.8. The zero-order chi connectivity index (χ0) is 18.9. The summed E-state index contributed by atoms with van der Waals surface area (Å²) in [6.45, 7) is 2.94. The van der Waals surface area contributed by atoms with Crippen molar-refractivity contribution in [3.63, 3.8) is 0 Å². The van der Waals surface area contributed by atoms with Gasteiger partial charge in [0, 0.05) is 19.6 Å². The van der Waals surface area contributed by atoms with Crippen LogP contribution in [-0.2, 0) is 9.59 Å². The number of carbonyl (C=O) groups excluding carboxylic acids is 2. The number of unbranched alkanes of at least 4 members (excludes halogenated alkanes) is 1. The van der Waals surface area contributed by atoms with E-state index < -0.39 is 0 Å². The first-order chi connectivity index (χ1) is 12.1. The Bertz CT molecular complexity index is 354. The molecule has 0 aromatic rings. The first-order valence-electron chi connectivity index (χ1n) is 9.29. The molecule has 6 N–H and O–H groups in total.